The Labute approximate surface area is 94.5 Å². The lowest BCUT2D eigenvalue weighted by Crippen LogP contribution is -2.32. The van der Waals surface area contributed by atoms with E-state index in [1.165, 1.54) is 4.57 Å². The number of pyridine rings is 1. The Hall–Kier alpha value is -1.78. The zero-order valence-electron chi connectivity index (χ0n) is 9.62. The first-order valence-corrected chi connectivity index (χ1v) is 5.35. The number of nitrogens with one attached hydrogen (secondary N) is 2. The van der Waals surface area contributed by atoms with Gasteiger partial charge in [0.25, 0.3) is 5.56 Å². The van der Waals surface area contributed by atoms with Crippen LogP contribution in [0.1, 0.15) is 19.8 Å². The van der Waals surface area contributed by atoms with Gasteiger partial charge < -0.3 is 15.2 Å². The number of nitrogens with zero attached hydrogens (tertiary/aromatic N) is 1. The van der Waals surface area contributed by atoms with E-state index in [1.807, 2.05) is 6.92 Å². The first-order valence-electron chi connectivity index (χ1n) is 5.35. The minimum Gasteiger partial charge on any atom is -0.338 e. The molecule has 0 spiro atoms. The van der Waals surface area contributed by atoms with Gasteiger partial charge in [0, 0.05) is 19.8 Å². The molecular weight excluding hydrogens is 206 g/mol. The summed E-state index contributed by atoms with van der Waals surface area (Å²) < 4.78 is 1.42. The van der Waals surface area contributed by atoms with Crippen LogP contribution in [0.5, 0.6) is 0 Å². The van der Waals surface area contributed by atoms with E-state index in [0.717, 1.165) is 12.8 Å². The van der Waals surface area contributed by atoms with Crippen LogP contribution < -0.4 is 16.2 Å². The molecule has 16 heavy (non-hydrogen) atoms. The van der Waals surface area contributed by atoms with Crippen LogP contribution in [-0.4, -0.2) is 17.1 Å². The van der Waals surface area contributed by atoms with Gasteiger partial charge in [-0.2, -0.15) is 0 Å². The number of hydrogen-bond acceptors (Lipinski definition) is 2. The van der Waals surface area contributed by atoms with Crippen molar-refractivity contribution in [2.45, 2.75) is 19.8 Å². The molecule has 88 valence electrons. The maximum Gasteiger partial charge on any atom is 0.319 e. The second-order valence-corrected chi connectivity index (χ2v) is 3.57. The number of aromatic nitrogens is 1. The van der Waals surface area contributed by atoms with Crippen molar-refractivity contribution in [3.63, 3.8) is 0 Å². The summed E-state index contributed by atoms with van der Waals surface area (Å²) >= 11 is 0. The molecular formula is C11H17N3O2. The minimum absolute atomic E-state index is 0.215. The maximum atomic E-state index is 11.6. The highest BCUT2D eigenvalue weighted by molar-refractivity contribution is 5.88. The average Bonchev–Trinajstić information content (AvgIpc) is 2.25. The molecule has 0 aliphatic heterocycles. The van der Waals surface area contributed by atoms with Crippen molar-refractivity contribution in [2.24, 2.45) is 7.05 Å². The molecule has 0 unspecified atom stereocenters. The number of amides is 2. The van der Waals surface area contributed by atoms with Gasteiger partial charge in [0.15, 0.2) is 0 Å². The first-order chi connectivity index (χ1) is 7.65. The summed E-state index contributed by atoms with van der Waals surface area (Å²) in [5, 5.41) is 5.21. The Morgan fingerprint density at radius 3 is 2.94 bits per heavy atom. The van der Waals surface area contributed by atoms with Crippen LogP contribution in [0.25, 0.3) is 0 Å². The highest BCUT2D eigenvalue weighted by Crippen LogP contribution is 1.97. The highest BCUT2D eigenvalue weighted by atomic mass is 16.2. The Bertz CT molecular complexity index is 412. The lowest BCUT2D eigenvalue weighted by molar-refractivity contribution is 0.252. The average molecular weight is 223 g/mol. The zero-order valence-corrected chi connectivity index (χ0v) is 9.62. The largest absolute Gasteiger partial charge is 0.338 e. The molecule has 5 heteroatoms. The van der Waals surface area contributed by atoms with E-state index >= 15 is 0 Å². The number of aryl methyl sites for hydroxylation is 1. The first kappa shape index (κ1) is 12.3. The van der Waals surface area contributed by atoms with E-state index in [0.29, 0.717) is 12.2 Å². The van der Waals surface area contributed by atoms with E-state index in [2.05, 4.69) is 10.6 Å². The van der Waals surface area contributed by atoms with Gasteiger partial charge in [-0.1, -0.05) is 13.3 Å². The zero-order chi connectivity index (χ0) is 12.0. The van der Waals surface area contributed by atoms with Gasteiger partial charge in [0.2, 0.25) is 0 Å². The fourth-order valence-corrected chi connectivity index (χ4v) is 1.24. The van der Waals surface area contributed by atoms with Gasteiger partial charge in [-0.15, -0.1) is 0 Å². The molecule has 0 fully saturated rings. The number of carbonyl (C=O) groups excluding carboxylic acids is 1. The molecule has 0 aliphatic rings. The van der Waals surface area contributed by atoms with Crippen molar-refractivity contribution in [3.8, 4) is 0 Å². The van der Waals surface area contributed by atoms with Gasteiger partial charge in [-0.3, -0.25) is 4.79 Å². The molecule has 5 nitrogen and oxygen atoms in total. The maximum absolute atomic E-state index is 11.6. The number of unbranched alkanes of at least 4 members (excludes halogenated alkanes) is 1. The number of anilines is 1. The normalized spacial score (nSPS) is 9.88. The molecule has 0 saturated carbocycles. The van der Waals surface area contributed by atoms with Crippen LogP contribution in [0.2, 0.25) is 0 Å². The fourth-order valence-electron chi connectivity index (χ4n) is 1.24. The third kappa shape index (κ3) is 3.42. The smallest absolute Gasteiger partial charge is 0.319 e. The van der Waals surface area contributed by atoms with Crippen LogP contribution in [0.3, 0.4) is 0 Å². The molecule has 2 amide bonds. The minimum atomic E-state index is -0.336. The Morgan fingerprint density at radius 1 is 1.50 bits per heavy atom. The van der Waals surface area contributed by atoms with Gasteiger partial charge >= 0.3 is 6.03 Å². The molecule has 0 aromatic carbocycles. The van der Waals surface area contributed by atoms with Crippen molar-refractivity contribution >= 4 is 11.7 Å². The van der Waals surface area contributed by atoms with Gasteiger partial charge in [-0.25, -0.2) is 4.79 Å². The topological polar surface area (TPSA) is 63.1 Å². The molecule has 1 heterocycles. The molecule has 0 saturated heterocycles. The summed E-state index contributed by atoms with van der Waals surface area (Å²) in [7, 11) is 1.64. The molecule has 1 aromatic heterocycles. The van der Waals surface area contributed by atoms with E-state index in [1.54, 1.807) is 25.4 Å². The van der Waals surface area contributed by atoms with Crippen molar-refractivity contribution in [1.29, 1.82) is 0 Å². The van der Waals surface area contributed by atoms with Gasteiger partial charge in [0.05, 0.1) is 0 Å². The van der Waals surface area contributed by atoms with E-state index in [9.17, 15) is 9.59 Å². The van der Waals surface area contributed by atoms with Gasteiger partial charge in [-0.05, 0) is 18.6 Å². The second-order valence-electron chi connectivity index (χ2n) is 3.57. The monoisotopic (exact) mass is 223 g/mol. The summed E-state index contributed by atoms with van der Waals surface area (Å²) in [4.78, 5) is 22.9. The molecule has 0 atom stereocenters. The third-order valence-corrected chi connectivity index (χ3v) is 2.19. The fraction of sp³-hybridized carbons (Fsp3) is 0.455. The Kier molecular flexibility index (Phi) is 4.57. The quantitative estimate of drug-likeness (QED) is 0.756. The highest BCUT2D eigenvalue weighted by Gasteiger charge is 2.04. The summed E-state index contributed by atoms with van der Waals surface area (Å²) in [6, 6.07) is 2.96. The van der Waals surface area contributed by atoms with Crippen LogP contribution in [0.15, 0.2) is 23.1 Å². The van der Waals surface area contributed by atoms with E-state index in [4.69, 9.17) is 0 Å². The van der Waals surface area contributed by atoms with Gasteiger partial charge in [0.1, 0.15) is 5.69 Å². The predicted octanol–water partition coefficient (Wildman–Crippen LogP) is 1.31. The van der Waals surface area contributed by atoms with Crippen molar-refractivity contribution < 1.29 is 4.79 Å². The summed E-state index contributed by atoms with van der Waals surface area (Å²) in [6.07, 6.45) is 3.59. The Balaban J connectivity index is 2.56. The third-order valence-electron chi connectivity index (χ3n) is 2.19. The molecule has 0 bridgehead atoms. The van der Waals surface area contributed by atoms with Crippen molar-refractivity contribution in [1.82, 2.24) is 9.88 Å². The summed E-state index contributed by atoms with van der Waals surface area (Å²) in [6.45, 7) is 2.67. The molecule has 0 radical (unpaired) electrons. The number of carbonyl (C=O) groups is 1. The van der Waals surface area contributed by atoms with E-state index < -0.39 is 0 Å². The molecule has 0 aliphatic carbocycles. The molecule has 1 aromatic rings. The number of urea groups is 1. The van der Waals surface area contributed by atoms with E-state index in [-0.39, 0.29) is 11.6 Å². The SMILES string of the molecule is CCCCNC(=O)Nc1cccn(C)c1=O. The van der Waals surface area contributed by atoms with Crippen molar-refractivity contribution in [3.05, 3.63) is 28.7 Å². The molecule has 2 N–H and O–H groups in total. The number of hydrogen-bond donors (Lipinski definition) is 2. The van der Waals surface area contributed by atoms with Crippen LogP contribution >= 0.6 is 0 Å². The predicted molar refractivity (Wildman–Crippen MR) is 63.6 cm³/mol. The molecule has 1 rings (SSSR count). The van der Waals surface area contributed by atoms with Crippen LogP contribution in [0, 0.1) is 0 Å². The summed E-state index contributed by atoms with van der Waals surface area (Å²) in [5.41, 5.74) is 0.0761. The van der Waals surface area contributed by atoms with Crippen molar-refractivity contribution in [2.75, 3.05) is 11.9 Å². The van der Waals surface area contributed by atoms with Crippen LogP contribution in [-0.2, 0) is 7.05 Å². The van der Waals surface area contributed by atoms with Crippen LogP contribution in [0.4, 0.5) is 10.5 Å². The second kappa shape index (κ2) is 5.95. The summed E-state index contributed by atoms with van der Waals surface area (Å²) in [5.74, 6) is 0. The Morgan fingerprint density at radius 2 is 2.25 bits per heavy atom. The standard InChI is InChI=1S/C11H17N3O2/c1-3-4-7-12-11(16)13-9-6-5-8-14(2)10(9)15/h5-6,8H,3-4,7H2,1-2H3,(H2,12,13,16). The lowest BCUT2D eigenvalue weighted by atomic mass is 10.3. The lowest BCUT2D eigenvalue weighted by Gasteiger charge is -2.07. The number of rotatable bonds is 4.